The van der Waals surface area contributed by atoms with E-state index in [1.54, 1.807) is 11.3 Å². The highest BCUT2D eigenvalue weighted by Crippen LogP contribution is 2.19. The zero-order chi connectivity index (χ0) is 15.9. The Kier molecular flexibility index (Phi) is 9.38. The number of aromatic nitrogens is 1. The number of aryl methyl sites for hydroxylation is 2. The van der Waals surface area contributed by atoms with Gasteiger partial charge < -0.3 is 15.7 Å². The Morgan fingerprint density at radius 2 is 2.00 bits per heavy atom. The zero-order valence-electron chi connectivity index (χ0n) is 14.3. The number of aliphatic hydroxyl groups is 1. The number of thiazole rings is 1. The standard InChI is InChI=1S/C16H28N4OS.HI/c1-4-17-16(20-13-5-7-14(21)8-6-13)18-10-9-15-11(2)19-12(3)22-15;/h13-14,21H,4-10H2,1-3H3,(H2,17,18,20);1H. The number of hydrogen-bond acceptors (Lipinski definition) is 4. The molecule has 0 aliphatic heterocycles. The van der Waals surface area contributed by atoms with Gasteiger partial charge in [0.05, 0.1) is 16.8 Å². The largest absolute Gasteiger partial charge is 0.393 e. The van der Waals surface area contributed by atoms with E-state index in [1.807, 2.05) is 6.92 Å². The van der Waals surface area contributed by atoms with Crippen molar-refractivity contribution in [2.75, 3.05) is 13.1 Å². The zero-order valence-corrected chi connectivity index (χ0v) is 17.4. The molecule has 0 aromatic carbocycles. The molecule has 1 heterocycles. The van der Waals surface area contributed by atoms with E-state index in [2.05, 4.69) is 34.5 Å². The molecule has 1 aromatic heterocycles. The van der Waals surface area contributed by atoms with Crippen molar-refractivity contribution in [1.29, 1.82) is 0 Å². The Hall–Kier alpha value is -0.410. The van der Waals surface area contributed by atoms with Gasteiger partial charge in [-0.25, -0.2) is 4.98 Å². The van der Waals surface area contributed by atoms with Crippen LogP contribution in [-0.4, -0.2) is 41.3 Å². The minimum absolute atomic E-state index is 0. The molecule has 0 radical (unpaired) electrons. The van der Waals surface area contributed by atoms with E-state index in [9.17, 15) is 5.11 Å². The summed E-state index contributed by atoms with van der Waals surface area (Å²) >= 11 is 1.77. The van der Waals surface area contributed by atoms with Crippen LogP contribution in [0.15, 0.2) is 4.99 Å². The van der Waals surface area contributed by atoms with E-state index in [0.717, 1.165) is 61.9 Å². The van der Waals surface area contributed by atoms with Gasteiger partial charge in [0.1, 0.15) is 0 Å². The molecule has 2 rings (SSSR count). The van der Waals surface area contributed by atoms with E-state index >= 15 is 0 Å². The van der Waals surface area contributed by atoms with E-state index in [1.165, 1.54) is 4.88 Å². The number of hydrogen-bond donors (Lipinski definition) is 3. The second-order valence-electron chi connectivity index (χ2n) is 5.90. The lowest BCUT2D eigenvalue weighted by molar-refractivity contribution is 0.120. The maximum absolute atomic E-state index is 9.58. The summed E-state index contributed by atoms with van der Waals surface area (Å²) in [6.07, 6.45) is 4.62. The lowest BCUT2D eigenvalue weighted by Gasteiger charge is -2.27. The lowest BCUT2D eigenvalue weighted by Crippen LogP contribution is -2.45. The Bertz CT molecular complexity index is 498. The Morgan fingerprint density at radius 1 is 1.30 bits per heavy atom. The lowest BCUT2D eigenvalue weighted by atomic mass is 9.93. The molecule has 1 aliphatic carbocycles. The maximum Gasteiger partial charge on any atom is 0.191 e. The normalized spacial score (nSPS) is 21.7. The van der Waals surface area contributed by atoms with E-state index in [0.29, 0.717) is 6.04 Å². The summed E-state index contributed by atoms with van der Waals surface area (Å²) in [5, 5.41) is 17.5. The quantitative estimate of drug-likeness (QED) is 0.365. The summed E-state index contributed by atoms with van der Waals surface area (Å²) < 4.78 is 0. The highest BCUT2D eigenvalue weighted by molar-refractivity contribution is 14.0. The van der Waals surface area contributed by atoms with Crippen LogP contribution in [0.25, 0.3) is 0 Å². The first-order valence-corrected chi connectivity index (χ1v) is 9.06. The fourth-order valence-corrected chi connectivity index (χ4v) is 3.73. The van der Waals surface area contributed by atoms with Crippen LogP contribution in [0.5, 0.6) is 0 Å². The Morgan fingerprint density at radius 3 is 2.57 bits per heavy atom. The fourth-order valence-electron chi connectivity index (χ4n) is 2.81. The summed E-state index contributed by atoms with van der Waals surface area (Å²) in [5.41, 5.74) is 1.14. The third-order valence-corrected chi connectivity index (χ3v) is 5.12. The predicted octanol–water partition coefficient (Wildman–Crippen LogP) is 2.78. The van der Waals surface area contributed by atoms with Crippen molar-refractivity contribution >= 4 is 41.3 Å². The fraction of sp³-hybridized carbons (Fsp3) is 0.750. The number of nitrogens with zero attached hydrogens (tertiary/aromatic N) is 2. The average molecular weight is 452 g/mol. The van der Waals surface area contributed by atoms with E-state index in [-0.39, 0.29) is 30.1 Å². The van der Waals surface area contributed by atoms with Gasteiger partial charge in [0.15, 0.2) is 5.96 Å². The SMILES string of the molecule is CCNC(=NCCc1sc(C)nc1C)NC1CCC(O)CC1.I. The van der Waals surface area contributed by atoms with Gasteiger partial charge in [-0.05, 0) is 46.5 Å². The Balaban J connectivity index is 0.00000264. The molecule has 1 fully saturated rings. The summed E-state index contributed by atoms with van der Waals surface area (Å²) in [6, 6.07) is 0.425. The van der Waals surface area contributed by atoms with Gasteiger partial charge in [-0.15, -0.1) is 35.3 Å². The molecule has 0 unspecified atom stereocenters. The van der Waals surface area contributed by atoms with Crippen LogP contribution in [0.1, 0.15) is 48.2 Å². The van der Waals surface area contributed by atoms with Gasteiger partial charge in [-0.1, -0.05) is 0 Å². The third-order valence-electron chi connectivity index (χ3n) is 3.99. The van der Waals surface area contributed by atoms with Gasteiger partial charge in [-0.3, -0.25) is 4.99 Å². The monoisotopic (exact) mass is 452 g/mol. The second kappa shape index (κ2) is 10.5. The molecule has 0 saturated heterocycles. The molecule has 0 bridgehead atoms. The van der Waals surface area contributed by atoms with Crippen LogP contribution in [0.2, 0.25) is 0 Å². The van der Waals surface area contributed by atoms with Gasteiger partial charge in [0.25, 0.3) is 0 Å². The first-order chi connectivity index (χ1) is 10.6. The molecule has 7 heteroatoms. The van der Waals surface area contributed by atoms with Gasteiger partial charge in [0.2, 0.25) is 0 Å². The molecule has 1 aliphatic rings. The van der Waals surface area contributed by atoms with E-state index < -0.39 is 0 Å². The molecule has 1 aromatic rings. The minimum Gasteiger partial charge on any atom is -0.393 e. The summed E-state index contributed by atoms with van der Waals surface area (Å²) in [5.74, 6) is 0.891. The molecule has 0 atom stereocenters. The summed E-state index contributed by atoms with van der Waals surface area (Å²) in [4.78, 5) is 10.5. The molecule has 3 N–H and O–H groups in total. The number of aliphatic hydroxyl groups excluding tert-OH is 1. The van der Waals surface area contributed by atoms with Gasteiger partial charge in [-0.2, -0.15) is 0 Å². The summed E-state index contributed by atoms with van der Waals surface area (Å²) in [6.45, 7) is 7.83. The highest BCUT2D eigenvalue weighted by Gasteiger charge is 2.19. The van der Waals surface area contributed by atoms with Crippen LogP contribution in [0.4, 0.5) is 0 Å². The molecule has 23 heavy (non-hydrogen) atoms. The smallest absolute Gasteiger partial charge is 0.191 e. The second-order valence-corrected chi connectivity index (χ2v) is 7.19. The number of nitrogens with one attached hydrogen (secondary N) is 2. The van der Waals surface area contributed by atoms with Crippen LogP contribution >= 0.6 is 35.3 Å². The topological polar surface area (TPSA) is 69.5 Å². The van der Waals surface area contributed by atoms with Crippen molar-refractivity contribution in [1.82, 2.24) is 15.6 Å². The van der Waals surface area contributed by atoms with Crippen molar-refractivity contribution in [2.24, 2.45) is 4.99 Å². The van der Waals surface area contributed by atoms with Gasteiger partial charge >= 0.3 is 0 Å². The van der Waals surface area contributed by atoms with Crippen molar-refractivity contribution < 1.29 is 5.11 Å². The van der Waals surface area contributed by atoms with Crippen LogP contribution in [0.3, 0.4) is 0 Å². The molecule has 0 spiro atoms. The number of guanidine groups is 1. The van der Waals surface area contributed by atoms with Crippen LogP contribution < -0.4 is 10.6 Å². The summed E-state index contributed by atoms with van der Waals surface area (Å²) in [7, 11) is 0. The number of aliphatic imine (C=N–C) groups is 1. The molecule has 0 amide bonds. The molecule has 5 nitrogen and oxygen atoms in total. The molecular weight excluding hydrogens is 423 g/mol. The average Bonchev–Trinajstić information content (AvgIpc) is 2.80. The number of rotatable bonds is 5. The molecular formula is C16H29IN4OS. The van der Waals surface area contributed by atoms with Crippen LogP contribution in [0, 0.1) is 13.8 Å². The Labute approximate surface area is 160 Å². The van der Waals surface area contributed by atoms with Gasteiger partial charge in [0, 0.05) is 30.4 Å². The predicted molar refractivity (Wildman–Crippen MR) is 108 cm³/mol. The minimum atomic E-state index is -0.116. The number of halogens is 1. The molecule has 1 saturated carbocycles. The van der Waals surface area contributed by atoms with E-state index in [4.69, 9.17) is 0 Å². The van der Waals surface area contributed by atoms with Crippen LogP contribution in [-0.2, 0) is 6.42 Å². The van der Waals surface area contributed by atoms with Crippen molar-refractivity contribution in [3.05, 3.63) is 15.6 Å². The van der Waals surface area contributed by atoms with Crippen molar-refractivity contribution in [2.45, 2.75) is 65.0 Å². The van der Waals surface area contributed by atoms with Crippen molar-refractivity contribution in [3.63, 3.8) is 0 Å². The third kappa shape index (κ3) is 6.93. The first kappa shape index (κ1) is 20.6. The molecule has 132 valence electrons. The first-order valence-electron chi connectivity index (χ1n) is 8.24. The highest BCUT2D eigenvalue weighted by atomic mass is 127. The van der Waals surface area contributed by atoms with Crippen molar-refractivity contribution in [3.8, 4) is 0 Å². The maximum atomic E-state index is 9.58.